The third-order valence-electron chi connectivity index (χ3n) is 3.96. The monoisotopic (exact) mass is 520 g/mol. The predicted octanol–water partition coefficient (Wildman–Crippen LogP) is 3.93. The summed E-state index contributed by atoms with van der Waals surface area (Å²) in [6.45, 7) is 3.03. The van der Waals surface area contributed by atoms with Crippen LogP contribution in [0, 0.1) is 21.7 Å². The van der Waals surface area contributed by atoms with E-state index in [0.717, 1.165) is 17.7 Å². The molecule has 0 aliphatic carbocycles. The van der Waals surface area contributed by atoms with Gasteiger partial charge in [-0.25, -0.2) is 13.8 Å². The van der Waals surface area contributed by atoms with E-state index in [1.54, 1.807) is 26.2 Å². The average molecular weight is 520 g/mol. The summed E-state index contributed by atoms with van der Waals surface area (Å²) in [7, 11) is 1.58. The van der Waals surface area contributed by atoms with Gasteiger partial charge in [-0.15, -0.1) is 24.0 Å². The SMILES string of the molecule is COCCNC(=NCc1ccc([N+](=O)[O-])cc1)NC(C)c1ccc(F)c(F)c1.I. The first-order chi connectivity index (χ1) is 13.4. The van der Waals surface area contributed by atoms with Crippen molar-refractivity contribution >= 4 is 35.6 Å². The Morgan fingerprint density at radius 1 is 1.21 bits per heavy atom. The van der Waals surface area contributed by atoms with Crippen molar-refractivity contribution in [2.45, 2.75) is 19.5 Å². The van der Waals surface area contributed by atoms with Crippen LogP contribution >= 0.6 is 24.0 Å². The molecular weight excluding hydrogens is 497 g/mol. The normalized spacial score (nSPS) is 12.1. The van der Waals surface area contributed by atoms with Crippen molar-refractivity contribution < 1.29 is 18.4 Å². The van der Waals surface area contributed by atoms with Crippen LogP contribution in [0.2, 0.25) is 0 Å². The highest BCUT2D eigenvalue weighted by Crippen LogP contribution is 2.16. The van der Waals surface area contributed by atoms with E-state index in [1.807, 2.05) is 0 Å². The van der Waals surface area contributed by atoms with Gasteiger partial charge in [0.25, 0.3) is 5.69 Å². The van der Waals surface area contributed by atoms with Gasteiger partial charge >= 0.3 is 0 Å². The van der Waals surface area contributed by atoms with E-state index >= 15 is 0 Å². The van der Waals surface area contributed by atoms with Crippen LogP contribution in [0.4, 0.5) is 14.5 Å². The molecule has 2 aromatic carbocycles. The molecule has 0 aliphatic heterocycles. The topological polar surface area (TPSA) is 88.8 Å². The predicted molar refractivity (Wildman–Crippen MR) is 117 cm³/mol. The highest BCUT2D eigenvalue weighted by atomic mass is 127. The van der Waals surface area contributed by atoms with E-state index in [0.29, 0.717) is 24.7 Å². The second-order valence-electron chi connectivity index (χ2n) is 6.05. The van der Waals surface area contributed by atoms with Crippen LogP contribution in [0.25, 0.3) is 0 Å². The number of methoxy groups -OCH3 is 1. The summed E-state index contributed by atoms with van der Waals surface area (Å²) >= 11 is 0. The first-order valence-corrected chi connectivity index (χ1v) is 8.62. The molecule has 7 nitrogen and oxygen atoms in total. The molecule has 1 unspecified atom stereocenters. The van der Waals surface area contributed by atoms with Gasteiger partial charge in [0.1, 0.15) is 0 Å². The van der Waals surface area contributed by atoms with Gasteiger partial charge in [-0.3, -0.25) is 10.1 Å². The maximum atomic E-state index is 13.5. The maximum absolute atomic E-state index is 13.5. The Hall–Kier alpha value is -2.34. The van der Waals surface area contributed by atoms with Crippen molar-refractivity contribution in [2.24, 2.45) is 4.99 Å². The molecule has 0 amide bonds. The molecule has 0 saturated carbocycles. The van der Waals surface area contributed by atoms with E-state index < -0.39 is 16.6 Å². The Labute approximate surface area is 184 Å². The highest BCUT2D eigenvalue weighted by molar-refractivity contribution is 14.0. The first kappa shape index (κ1) is 24.7. The third-order valence-corrected chi connectivity index (χ3v) is 3.96. The maximum Gasteiger partial charge on any atom is 0.269 e. The molecule has 1 atom stereocenters. The van der Waals surface area contributed by atoms with Gasteiger partial charge in [0.2, 0.25) is 0 Å². The van der Waals surface area contributed by atoms with Crippen LogP contribution in [0.3, 0.4) is 0 Å². The second kappa shape index (κ2) is 12.3. The van der Waals surface area contributed by atoms with Crippen molar-refractivity contribution in [3.63, 3.8) is 0 Å². The molecule has 10 heteroatoms. The summed E-state index contributed by atoms with van der Waals surface area (Å²) < 4.78 is 31.6. The van der Waals surface area contributed by atoms with Gasteiger partial charge in [0, 0.05) is 25.8 Å². The first-order valence-electron chi connectivity index (χ1n) is 8.62. The van der Waals surface area contributed by atoms with E-state index in [4.69, 9.17) is 4.74 Å². The summed E-state index contributed by atoms with van der Waals surface area (Å²) in [6.07, 6.45) is 0. The number of ether oxygens (including phenoxy) is 1. The van der Waals surface area contributed by atoms with Gasteiger partial charge in [-0.2, -0.15) is 0 Å². The van der Waals surface area contributed by atoms with Crippen molar-refractivity contribution in [3.8, 4) is 0 Å². The molecule has 29 heavy (non-hydrogen) atoms. The molecule has 0 aliphatic rings. The van der Waals surface area contributed by atoms with Crippen molar-refractivity contribution in [1.29, 1.82) is 0 Å². The lowest BCUT2D eigenvalue weighted by Crippen LogP contribution is -2.40. The third kappa shape index (κ3) is 7.89. The quantitative estimate of drug-likeness (QED) is 0.138. The number of halogens is 3. The number of aliphatic imine (C=N–C) groups is 1. The van der Waals surface area contributed by atoms with Gasteiger partial charge in [-0.05, 0) is 30.2 Å². The number of benzene rings is 2. The zero-order chi connectivity index (χ0) is 20.5. The number of hydrogen-bond acceptors (Lipinski definition) is 4. The highest BCUT2D eigenvalue weighted by Gasteiger charge is 2.11. The molecule has 0 heterocycles. The number of nitro benzene ring substituents is 1. The fourth-order valence-corrected chi connectivity index (χ4v) is 2.39. The molecule has 0 radical (unpaired) electrons. The van der Waals surface area contributed by atoms with Crippen LogP contribution in [-0.2, 0) is 11.3 Å². The minimum atomic E-state index is -0.914. The van der Waals surface area contributed by atoms with Gasteiger partial charge < -0.3 is 15.4 Å². The summed E-state index contributed by atoms with van der Waals surface area (Å²) in [5.74, 6) is -1.36. The Bertz CT molecular complexity index is 835. The summed E-state index contributed by atoms with van der Waals surface area (Å²) in [5, 5.41) is 16.9. The van der Waals surface area contributed by atoms with Crippen LogP contribution in [0.5, 0.6) is 0 Å². The lowest BCUT2D eigenvalue weighted by atomic mass is 10.1. The fourth-order valence-electron chi connectivity index (χ4n) is 2.39. The fraction of sp³-hybridized carbons (Fsp3) is 0.316. The number of nitro groups is 1. The van der Waals surface area contributed by atoms with Crippen molar-refractivity contribution in [3.05, 3.63) is 75.3 Å². The number of nitrogens with zero attached hydrogens (tertiary/aromatic N) is 2. The standard InChI is InChI=1S/C19H22F2N4O3.HI/c1-13(15-5-8-17(20)18(21)11-15)24-19(22-9-10-28-2)23-12-14-3-6-16(7-4-14)25(26)27;/h3-8,11,13H,9-10,12H2,1-2H3,(H2,22,23,24);1H. The number of rotatable bonds is 8. The minimum Gasteiger partial charge on any atom is -0.383 e. The van der Waals surface area contributed by atoms with Gasteiger partial charge in [0.15, 0.2) is 17.6 Å². The van der Waals surface area contributed by atoms with E-state index in [1.165, 1.54) is 18.2 Å². The molecule has 0 bridgehead atoms. The van der Waals surface area contributed by atoms with E-state index in [-0.39, 0.29) is 42.3 Å². The molecule has 0 fully saturated rings. The average Bonchev–Trinajstić information content (AvgIpc) is 2.68. The largest absolute Gasteiger partial charge is 0.383 e. The zero-order valence-corrected chi connectivity index (χ0v) is 18.4. The Morgan fingerprint density at radius 3 is 2.48 bits per heavy atom. The number of nitrogens with one attached hydrogen (secondary N) is 2. The smallest absolute Gasteiger partial charge is 0.269 e. The molecule has 0 saturated heterocycles. The van der Waals surface area contributed by atoms with Crippen molar-refractivity contribution in [1.82, 2.24) is 10.6 Å². The van der Waals surface area contributed by atoms with E-state index in [9.17, 15) is 18.9 Å². The van der Waals surface area contributed by atoms with Gasteiger partial charge in [0.05, 0.1) is 24.1 Å². The number of non-ortho nitro benzene ring substituents is 1. The van der Waals surface area contributed by atoms with Crippen molar-refractivity contribution in [2.75, 3.05) is 20.3 Å². The van der Waals surface area contributed by atoms with E-state index in [2.05, 4.69) is 15.6 Å². The zero-order valence-electron chi connectivity index (χ0n) is 16.0. The summed E-state index contributed by atoms with van der Waals surface area (Å²) in [5.41, 5.74) is 1.37. The summed E-state index contributed by atoms with van der Waals surface area (Å²) in [4.78, 5) is 14.7. The second-order valence-corrected chi connectivity index (χ2v) is 6.05. The lowest BCUT2D eigenvalue weighted by Gasteiger charge is -2.19. The minimum absolute atomic E-state index is 0. The molecular formula is C19H23F2IN4O3. The lowest BCUT2D eigenvalue weighted by molar-refractivity contribution is -0.384. The molecule has 2 rings (SSSR count). The Kier molecular flexibility index (Phi) is 10.5. The number of hydrogen-bond donors (Lipinski definition) is 2. The summed E-state index contributed by atoms with van der Waals surface area (Å²) in [6, 6.07) is 9.48. The van der Waals surface area contributed by atoms with Crippen LogP contribution in [0.1, 0.15) is 24.1 Å². The van der Waals surface area contributed by atoms with Crippen LogP contribution < -0.4 is 10.6 Å². The molecule has 0 spiro atoms. The molecule has 0 aromatic heterocycles. The Balaban J connectivity index is 0.00000420. The van der Waals surface area contributed by atoms with Crippen LogP contribution in [0.15, 0.2) is 47.5 Å². The number of guanidine groups is 1. The molecule has 2 aromatic rings. The van der Waals surface area contributed by atoms with Gasteiger partial charge in [-0.1, -0.05) is 18.2 Å². The van der Waals surface area contributed by atoms with Crippen LogP contribution in [-0.4, -0.2) is 31.1 Å². The Morgan fingerprint density at radius 2 is 1.90 bits per heavy atom. The molecule has 2 N–H and O–H groups in total. The molecule has 158 valence electrons.